The van der Waals surface area contributed by atoms with Crippen molar-refractivity contribution in [3.05, 3.63) is 42.0 Å². The van der Waals surface area contributed by atoms with Crippen LogP contribution >= 0.6 is 0 Å². The number of rotatable bonds is 5. The average molecular weight is 244 g/mol. The molecule has 2 aromatic heterocycles. The molecule has 1 atom stereocenters. The van der Waals surface area contributed by atoms with Crippen molar-refractivity contribution in [1.82, 2.24) is 14.3 Å². The molecule has 4 heteroatoms. The molecule has 2 N–H and O–H groups in total. The summed E-state index contributed by atoms with van der Waals surface area (Å²) in [6, 6.07) is 4.47. The third-order valence-corrected chi connectivity index (χ3v) is 3.84. The van der Waals surface area contributed by atoms with Gasteiger partial charge < -0.3 is 10.3 Å². The summed E-state index contributed by atoms with van der Waals surface area (Å²) < 4.78 is 4.16. The molecular weight excluding hydrogens is 224 g/mol. The van der Waals surface area contributed by atoms with Crippen molar-refractivity contribution in [3.63, 3.8) is 0 Å². The summed E-state index contributed by atoms with van der Waals surface area (Å²) >= 11 is 0. The Labute approximate surface area is 107 Å². The Balaban J connectivity index is 1.61. The van der Waals surface area contributed by atoms with E-state index in [1.165, 1.54) is 24.1 Å². The van der Waals surface area contributed by atoms with E-state index in [4.69, 9.17) is 5.73 Å². The van der Waals surface area contributed by atoms with Crippen molar-refractivity contribution in [2.45, 2.75) is 31.8 Å². The molecule has 4 nitrogen and oxygen atoms in total. The molecule has 0 saturated heterocycles. The van der Waals surface area contributed by atoms with E-state index >= 15 is 0 Å². The lowest BCUT2D eigenvalue weighted by atomic mass is 10.1. The molecule has 0 aromatic carbocycles. The Kier molecular flexibility index (Phi) is 2.96. The minimum atomic E-state index is 0.239. The topological polar surface area (TPSA) is 48.8 Å². The van der Waals surface area contributed by atoms with Gasteiger partial charge in [-0.05, 0) is 36.5 Å². The van der Waals surface area contributed by atoms with Crippen molar-refractivity contribution in [1.29, 1.82) is 0 Å². The third kappa shape index (κ3) is 2.34. The Morgan fingerprint density at radius 3 is 2.94 bits per heavy atom. The van der Waals surface area contributed by atoms with Gasteiger partial charge in [0.25, 0.3) is 0 Å². The highest BCUT2D eigenvalue weighted by molar-refractivity contribution is 5.17. The number of aryl methyl sites for hydroxylation is 3. The molecule has 0 amide bonds. The monoisotopic (exact) mass is 244 g/mol. The number of aromatic nitrogens is 3. The van der Waals surface area contributed by atoms with Gasteiger partial charge in [-0.25, -0.2) is 0 Å². The maximum atomic E-state index is 6.20. The van der Waals surface area contributed by atoms with E-state index in [0.29, 0.717) is 0 Å². The van der Waals surface area contributed by atoms with Crippen LogP contribution in [-0.4, -0.2) is 14.3 Å². The smallest absolute Gasteiger partial charge is 0.0492 e. The maximum Gasteiger partial charge on any atom is 0.0492 e. The highest BCUT2D eigenvalue weighted by Crippen LogP contribution is 2.39. The zero-order chi connectivity index (χ0) is 12.5. The summed E-state index contributed by atoms with van der Waals surface area (Å²) in [5.74, 6) is 0.720. The van der Waals surface area contributed by atoms with Gasteiger partial charge in [0, 0.05) is 50.3 Å². The van der Waals surface area contributed by atoms with Gasteiger partial charge in [0.05, 0.1) is 0 Å². The molecule has 1 unspecified atom stereocenters. The SMILES string of the molecule is Cn1nccc1CCn1ccc(C(N)C2CC2)c1. The lowest BCUT2D eigenvalue weighted by Gasteiger charge is -2.07. The van der Waals surface area contributed by atoms with Gasteiger partial charge in [-0.3, -0.25) is 4.68 Å². The van der Waals surface area contributed by atoms with Gasteiger partial charge in [0.1, 0.15) is 0 Å². The van der Waals surface area contributed by atoms with Crippen LogP contribution in [0.1, 0.15) is 30.1 Å². The molecule has 2 aromatic rings. The van der Waals surface area contributed by atoms with Crippen molar-refractivity contribution in [3.8, 4) is 0 Å². The van der Waals surface area contributed by atoms with Crippen molar-refractivity contribution >= 4 is 0 Å². The summed E-state index contributed by atoms with van der Waals surface area (Å²) in [5, 5.41) is 4.18. The molecule has 18 heavy (non-hydrogen) atoms. The normalized spacial score (nSPS) is 17.0. The number of nitrogens with two attached hydrogens (primary N) is 1. The molecule has 1 aliphatic rings. The summed E-state index contributed by atoms with van der Waals surface area (Å²) in [6.07, 6.45) is 9.76. The zero-order valence-corrected chi connectivity index (χ0v) is 10.8. The predicted octanol–water partition coefficient (Wildman–Crippen LogP) is 1.87. The molecule has 3 rings (SSSR count). The second kappa shape index (κ2) is 4.61. The van der Waals surface area contributed by atoms with Crippen molar-refractivity contribution in [2.75, 3.05) is 0 Å². The van der Waals surface area contributed by atoms with E-state index in [9.17, 15) is 0 Å². The maximum absolute atomic E-state index is 6.20. The quantitative estimate of drug-likeness (QED) is 0.873. The highest BCUT2D eigenvalue weighted by Gasteiger charge is 2.29. The van der Waals surface area contributed by atoms with E-state index < -0.39 is 0 Å². The highest BCUT2D eigenvalue weighted by atomic mass is 15.3. The fourth-order valence-corrected chi connectivity index (χ4v) is 2.41. The van der Waals surface area contributed by atoms with E-state index in [-0.39, 0.29) is 6.04 Å². The molecule has 1 fully saturated rings. The largest absolute Gasteiger partial charge is 0.354 e. The van der Waals surface area contributed by atoms with Crippen molar-refractivity contribution < 1.29 is 0 Å². The minimum absolute atomic E-state index is 0.239. The fraction of sp³-hybridized carbons (Fsp3) is 0.500. The Bertz CT molecular complexity index is 521. The Morgan fingerprint density at radius 1 is 1.44 bits per heavy atom. The molecule has 0 radical (unpaired) electrons. The van der Waals surface area contributed by atoms with Crippen LogP contribution in [0.3, 0.4) is 0 Å². The lowest BCUT2D eigenvalue weighted by Crippen LogP contribution is -2.11. The predicted molar refractivity (Wildman–Crippen MR) is 71.0 cm³/mol. The van der Waals surface area contributed by atoms with Gasteiger partial charge in [-0.15, -0.1) is 0 Å². The summed E-state index contributed by atoms with van der Waals surface area (Å²) in [4.78, 5) is 0. The van der Waals surface area contributed by atoms with E-state index in [1.54, 1.807) is 0 Å². The zero-order valence-electron chi connectivity index (χ0n) is 10.8. The lowest BCUT2D eigenvalue weighted by molar-refractivity contribution is 0.618. The second-order valence-corrected chi connectivity index (χ2v) is 5.24. The van der Waals surface area contributed by atoms with Gasteiger partial charge >= 0.3 is 0 Å². The molecule has 1 saturated carbocycles. The van der Waals surface area contributed by atoms with Gasteiger partial charge in [0.2, 0.25) is 0 Å². The standard InChI is InChI=1S/C14H20N4/c1-17-13(4-7-16-17)6-9-18-8-5-12(10-18)14(15)11-2-3-11/h4-5,7-8,10-11,14H,2-3,6,9,15H2,1H3. The molecular formula is C14H20N4. The molecule has 1 aliphatic carbocycles. The van der Waals surface area contributed by atoms with E-state index in [0.717, 1.165) is 18.9 Å². The number of hydrogen-bond donors (Lipinski definition) is 1. The first-order chi connectivity index (χ1) is 8.74. The second-order valence-electron chi connectivity index (χ2n) is 5.24. The van der Waals surface area contributed by atoms with Gasteiger partial charge in [0.15, 0.2) is 0 Å². The fourth-order valence-electron chi connectivity index (χ4n) is 2.41. The average Bonchev–Trinajstić information content (AvgIpc) is 2.97. The molecule has 0 spiro atoms. The Hall–Kier alpha value is -1.55. The third-order valence-electron chi connectivity index (χ3n) is 3.84. The van der Waals surface area contributed by atoms with Crippen LogP contribution in [0.15, 0.2) is 30.7 Å². The van der Waals surface area contributed by atoms with Crippen LogP contribution in [0.4, 0.5) is 0 Å². The summed E-state index contributed by atoms with van der Waals surface area (Å²) in [7, 11) is 1.99. The van der Waals surface area contributed by atoms with E-state index in [1.807, 2.05) is 17.9 Å². The van der Waals surface area contributed by atoms with Crippen molar-refractivity contribution in [2.24, 2.45) is 18.7 Å². The molecule has 96 valence electrons. The molecule has 2 heterocycles. The first kappa shape index (κ1) is 11.5. The van der Waals surface area contributed by atoms with E-state index in [2.05, 4.69) is 34.2 Å². The van der Waals surface area contributed by atoms with Crippen LogP contribution in [0.5, 0.6) is 0 Å². The van der Waals surface area contributed by atoms with Crippen LogP contribution in [0, 0.1) is 5.92 Å². The van der Waals surface area contributed by atoms with Gasteiger partial charge in [-0.2, -0.15) is 5.10 Å². The minimum Gasteiger partial charge on any atom is -0.354 e. The molecule has 0 bridgehead atoms. The summed E-state index contributed by atoms with van der Waals surface area (Å²) in [6.45, 7) is 0.983. The van der Waals surface area contributed by atoms with Gasteiger partial charge in [-0.1, -0.05) is 0 Å². The number of nitrogens with zero attached hydrogens (tertiary/aromatic N) is 3. The first-order valence-corrected chi connectivity index (χ1v) is 6.62. The summed E-state index contributed by atoms with van der Waals surface area (Å²) in [5.41, 5.74) is 8.74. The first-order valence-electron chi connectivity index (χ1n) is 6.62. The Morgan fingerprint density at radius 2 is 2.28 bits per heavy atom. The molecule has 0 aliphatic heterocycles. The number of hydrogen-bond acceptors (Lipinski definition) is 2. The van der Waals surface area contributed by atoms with Crippen LogP contribution in [0.25, 0.3) is 0 Å². The van der Waals surface area contributed by atoms with Crippen LogP contribution in [-0.2, 0) is 20.0 Å². The van der Waals surface area contributed by atoms with Crippen LogP contribution < -0.4 is 5.73 Å². The van der Waals surface area contributed by atoms with Crippen LogP contribution in [0.2, 0.25) is 0 Å².